The van der Waals surface area contributed by atoms with E-state index in [1.807, 2.05) is 30.3 Å². The molecule has 0 aliphatic rings. The molecule has 0 bridgehead atoms. The van der Waals surface area contributed by atoms with Crippen molar-refractivity contribution >= 4 is 38.9 Å². The van der Waals surface area contributed by atoms with Gasteiger partial charge >= 0.3 is 0 Å². The van der Waals surface area contributed by atoms with E-state index in [0.717, 1.165) is 72.4 Å². The smallest absolute Gasteiger partial charge is 0.164 e. The average Bonchev–Trinajstić information content (AvgIpc) is 3.63. The molecule has 0 spiro atoms. The maximum absolute atomic E-state index is 5.24. The summed E-state index contributed by atoms with van der Waals surface area (Å²) < 4.78 is 2.32. The number of hydrogen-bond acceptors (Lipinski definition) is 4. The summed E-state index contributed by atoms with van der Waals surface area (Å²) in [5, 5.41) is 2.26. The lowest BCUT2D eigenvalue weighted by Gasteiger charge is -2.25. The lowest BCUT2D eigenvalue weighted by Crippen LogP contribution is -2.09. The molecule has 8 aromatic carbocycles. The van der Waals surface area contributed by atoms with Gasteiger partial charge in [0.15, 0.2) is 17.5 Å². The molecule has 5 heteroatoms. The fourth-order valence-corrected chi connectivity index (χ4v) is 7.64. The average molecular weight is 718 g/mol. The summed E-state index contributed by atoms with van der Waals surface area (Å²) in [7, 11) is 0. The summed E-state index contributed by atoms with van der Waals surface area (Å²) in [6, 6.07) is 73.8. The van der Waals surface area contributed by atoms with E-state index in [9.17, 15) is 0 Å². The molecule has 10 rings (SSSR count). The highest BCUT2D eigenvalue weighted by Crippen LogP contribution is 2.39. The van der Waals surface area contributed by atoms with E-state index in [2.05, 4.69) is 191 Å². The number of benzene rings is 8. The minimum Gasteiger partial charge on any atom is -0.311 e. The molecule has 264 valence electrons. The highest BCUT2D eigenvalue weighted by atomic mass is 15.1. The zero-order valence-corrected chi connectivity index (χ0v) is 30.4. The standard InChI is InChI=1S/C51H35N5/c1-5-17-37(18-6-1)49-52-50(54-51(53-49)45-28-16-30-47-48(45)44-27-13-14-29-46(44)56(47)42-25-11-4-12-26-42)39-20-15-19-38(35-39)36-31-33-43(34-32-36)55(40-21-7-2-8-22-40)41-23-9-3-10-24-41/h1-35H. The van der Waals surface area contributed by atoms with Crippen molar-refractivity contribution < 1.29 is 0 Å². The van der Waals surface area contributed by atoms with Crippen LogP contribution in [-0.2, 0) is 0 Å². The predicted molar refractivity (Wildman–Crippen MR) is 231 cm³/mol. The van der Waals surface area contributed by atoms with Crippen LogP contribution in [0.3, 0.4) is 0 Å². The second kappa shape index (κ2) is 14.3. The maximum Gasteiger partial charge on any atom is 0.164 e. The first-order chi connectivity index (χ1) is 27.8. The Kier molecular flexibility index (Phi) is 8.43. The molecule has 0 saturated heterocycles. The minimum atomic E-state index is 0.621. The second-order valence-corrected chi connectivity index (χ2v) is 13.7. The van der Waals surface area contributed by atoms with Crippen molar-refractivity contribution in [3.8, 4) is 51.0 Å². The van der Waals surface area contributed by atoms with Crippen LogP contribution in [0, 0.1) is 0 Å². The summed E-state index contributed by atoms with van der Waals surface area (Å²) in [4.78, 5) is 17.8. The fraction of sp³-hybridized carbons (Fsp3) is 0. The van der Waals surface area contributed by atoms with Gasteiger partial charge in [-0.15, -0.1) is 0 Å². The highest BCUT2D eigenvalue weighted by molar-refractivity contribution is 6.15. The van der Waals surface area contributed by atoms with Gasteiger partial charge in [-0.2, -0.15) is 0 Å². The summed E-state index contributed by atoms with van der Waals surface area (Å²) >= 11 is 0. The van der Waals surface area contributed by atoms with Crippen LogP contribution in [0.5, 0.6) is 0 Å². The Morgan fingerprint density at radius 1 is 0.339 bits per heavy atom. The molecule has 10 aromatic rings. The molecule has 0 aliphatic heterocycles. The van der Waals surface area contributed by atoms with Gasteiger partial charge in [0.25, 0.3) is 0 Å². The van der Waals surface area contributed by atoms with Crippen molar-refractivity contribution in [1.29, 1.82) is 0 Å². The van der Waals surface area contributed by atoms with E-state index < -0.39 is 0 Å². The topological polar surface area (TPSA) is 46.8 Å². The normalized spacial score (nSPS) is 11.2. The van der Waals surface area contributed by atoms with Crippen molar-refractivity contribution in [1.82, 2.24) is 19.5 Å². The number of anilines is 3. The Morgan fingerprint density at radius 3 is 1.54 bits per heavy atom. The third-order valence-corrected chi connectivity index (χ3v) is 10.2. The molecular formula is C51H35N5. The summed E-state index contributed by atoms with van der Waals surface area (Å²) in [5.41, 5.74) is 11.6. The van der Waals surface area contributed by atoms with Crippen LogP contribution in [0.15, 0.2) is 212 Å². The first kappa shape index (κ1) is 33.0. The van der Waals surface area contributed by atoms with E-state index >= 15 is 0 Å². The Labute approximate surface area is 325 Å². The number of aromatic nitrogens is 4. The highest BCUT2D eigenvalue weighted by Gasteiger charge is 2.20. The van der Waals surface area contributed by atoms with E-state index in [1.54, 1.807) is 0 Å². The number of nitrogens with zero attached hydrogens (tertiary/aromatic N) is 5. The molecule has 2 heterocycles. The number of rotatable bonds is 8. The van der Waals surface area contributed by atoms with Crippen molar-refractivity contribution in [3.05, 3.63) is 212 Å². The van der Waals surface area contributed by atoms with Gasteiger partial charge in [0.1, 0.15) is 0 Å². The summed E-state index contributed by atoms with van der Waals surface area (Å²) in [6.45, 7) is 0. The fourth-order valence-electron chi connectivity index (χ4n) is 7.64. The summed E-state index contributed by atoms with van der Waals surface area (Å²) in [5.74, 6) is 1.88. The second-order valence-electron chi connectivity index (χ2n) is 13.7. The molecule has 0 saturated carbocycles. The van der Waals surface area contributed by atoms with Crippen molar-refractivity contribution in [2.75, 3.05) is 4.90 Å². The molecule has 0 amide bonds. The minimum absolute atomic E-state index is 0.621. The molecule has 0 fully saturated rings. The number of hydrogen-bond donors (Lipinski definition) is 0. The first-order valence-electron chi connectivity index (χ1n) is 18.8. The van der Waals surface area contributed by atoms with Crippen LogP contribution >= 0.6 is 0 Å². The van der Waals surface area contributed by atoms with E-state index in [1.165, 1.54) is 0 Å². The van der Waals surface area contributed by atoms with Crippen molar-refractivity contribution in [2.45, 2.75) is 0 Å². The third-order valence-electron chi connectivity index (χ3n) is 10.2. The molecule has 5 nitrogen and oxygen atoms in total. The van der Waals surface area contributed by atoms with Gasteiger partial charge < -0.3 is 9.47 Å². The zero-order valence-electron chi connectivity index (χ0n) is 30.4. The predicted octanol–water partition coefficient (Wildman–Crippen LogP) is 13.1. The lowest BCUT2D eigenvalue weighted by molar-refractivity contribution is 1.08. The lowest BCUT2D eigenvalue weighted by atomic mass is 10.0. The van der Waals surface area contributed by atoms with Gasteiger partial charge in [0, 0.05) is 50.2 Å². The van der Waals surface area contributed by atoms with E-state index in [0.29, 0.717) is 17.5 Å². The van der Waals surface area contributed by atoms with Gasteiger partial charge in [0.2, 0.25) is 0 Å². The van der Waals surface area contributed by atoms with Crippen LogP contribution in [0.2, 0.25) is 0 Å². The monoisotopic (exact) mass is 717 g/mol. The van der Waals surface area contributed by atoms with Gasteiger partial charge in [-0.05, 0) is 77.9 Å². The van der Waals surface area contributed by atoms with Gasteiger partial charge in [-0.1, -0.05) is 146 Å². The van der Waals surface area contributed by atoms with Crippen molar-refractivity contribution in [3.63, 3.8) is 0 Å². The number of para-hydroxylation sites is 4. The Balaban J connectivity index is 1.09. The molecule has 0 atom stereocenters. The molecule has 0 radical (unpaired) electrons. The SMILES string of the molecule is c1ccc(-c2nc(-c3cccc(-c4ccc(N(c5ccccc5)c5ccccc5)cc4)c3)nc(-c3cccc4c3c3ccccc3n4-c3ccccc3)n2)cc1. The Bertz CT molecular complexity index is 2900. The van der Waals surface area contributed by atoms with Crippen LogP contribution < -0.4 is 4.90 Å². The molecule has 0 aliphatic carbocycles. The Hall–Kier alpha value is -7.63. The molecular weight excluding hydrogens is 683 g/mol. The zero-order chi connectivity index (χ0) is 37.3. The van der Waals surface area contributed by atoms with Gasteiger partial charge in [-0.25, -0.2) is 15.0 Å². The quantitative estimate of drug-likeness (QED) is 0.157. The van der Waals surface area contributed by atoms with Crippen LogP contribution in [-0.4, -0.2) is 19.5 Å². The van der Waals surface area contributed by atoms with E-state index in [4.69, 9.17) is 15.0 Å². The number of fused-ring (bicyclic) bond motifs is 3. The molecule has 0 N–H and O–H groups in total. The maximum atomic E-state index is 5.24. The Morgan fingerprint density at radius 2 is 0.839 bits per heavy atom. The summed E-state index contributed by atoms with van der Waals surface area (Å²) in [6.07, 6.45) is 0. The van der Waals surface area contributed by atoms with Crippen LogP contribution in [0.25, 0.3) is 72.8 Å². The first-order valence-corrected chi connectivity index (χ1v) is 18.8. The van der Waals surface area contributed by atoms with E-state index in [-0.39, 0.29) is 0 Å². The van der Waals surface area contributed by atoms with Crippen LogP contribution in [0.4, 0.5) is 17.1 Å². The van der Waals surface area contributed by atoms with Gasteiger partial charge in [-0.3, -0.25) is 0 Å². The molecule has 56 heavy (non-hydrogen) atoms. The molecule has 0 unspecified atom stereocenters. The van der Waals surface area contributed by atoms with Gasteiger partial charge in [0.05, 0.1) is 11.0 Å². The largest absolute Gasteiger partial charge is 0.311 e. The molecule has 2 aromatic heterocycles. The van der Waals surface area contributed by atoms with Crippen molar-refractivity contribution in [2.24, 2.45) is 0 Å². The van der Waals surface area contributed by atoms with Crippen LogP contribution in [0.1, 0.15) is 0 Å². The third kappa shape index (κ3) is 6.07.